The first-order valence-corrected chi connectivity index (χ1v) is 31.4. The molecular weight excluding hydrogens is 931 g/mol. The van der Waals surface area contributed by atoms with Crippen LogP contribution in [0.25, 0.3) is 0 Å². The van der Waals surface area contributed by atoms with Crippen LogP contribution in [0.15, 0.2) is 36.5 Å². The minimum absolute atomic E-state index is 0.242. The highest BCUT2D eigenvalue weighted by Gasteiger charge is 2.44. The van der Waals surface area contributed by atoms with Crippen LogP contribution in [0.4, 0.5) is 0 Å². The van der Waals surface area contributed by atoms with Crippen molar-refractivity contribution in [2.45, 2.75) is 345 Å². The molecule has 0 radical (unpaired) electrons. The van der Waals surface area contributed by atoms with Gasteiger partial charge in [-0.15, -0.1) is 0 Å². The van der Waals surface area contributed by atoms with Crippen LogP contribution in [-0.4, -0.2) is 110 Å². The van der Waals surface area contributed by atoms with Gasteiger partial charge in [-0.1, -0.05) is 256 Å². The third-order valence-corrected chi connectivity index (χ3v) is 15.2. The Morgan fingerprint density at radius 3 is 1.24 bits per heavy atom. The number of rotatable bonds is 54. The average Bonchev–Trinajstić information content (AvgIpc) is 3.40. The predicted molar refractivity (Wildman–Crippen MR) is 307 cm³/mol. The molecule has 1 saturated heterocycles. The van der Waals surface area contributed by atoms with Crippen LogP contribution in [0.2, 0.25) is 0 Å². The van der Waals surface area contributed by atoms with Crippen LogP contribution >= 0.6 is 0 Å². The van der Waals surface area contributed by atoms with E-state index in [2.05, 4.69) is 55.6 Å². The van der Waals surface area contributed by atoms with Crippen molar-refractivity contribution in [3.8, 4) is 0 Å². The van der Waals surface area contributed by atoms with Gasteiger partial charge in [-0.2, -0.15) is 0 Å². The minimum atomic E-state index is -1.67. The topological polar surface area (TPSA) is 189 Å². The zero-order valence-corrected chi connectivity index (χ0v) is 47.8. The molecular formula is C63H119NO10. The fourth-order valence-electron chi connectivity index (χ4n) is 10.1. The lowest BCUT2D eigenvalue weighted by Crippen LogP contribution is -2.60. The van der Waals surface area contributed by atoms with Crippen LogP contribution in [0.1, 0.15) is 290 Å². The molecule has 0 aromatic heterocycles. The van der Waals surface area contributed by atoms with E-state index in [9.17, 15) is 40.5 Å². The molecule has 8 N–H and O–H groups in total. The second-order valence-corrected chi connectivity index (χ2v) is 22.1. The monoisotopic (exact) mass is 1050 g/mol. The van der Waals surface area contributed by atoms with Gasteiger partial charge in [-0.05, 0) is 70.6 Å². The molecule has 1 aliphatic heterocycles. The van der Waals surface area contributed by atoms with Gasteiger partial charge < -0.3 is 50.5 Å². The number of carbonyl (C=O) groups is 1. The highest BCUT2D eigenvalue weighted by Crippen LogP contribution is 2.23. The summed E-state index contributed by atoms with van der Waals surface area (Å²) in [5.41, 5.74) is 0. The molecule has 74 heavy (non-hydrogen) atoms. The van der Waals surface area contributed by atoms with Gasteiger partial charge in [-0.3, -0.25) is 4.79 Å². The summed E-state index contributed by atoms with van der Waals surface area (Å²) in [5.74, 6) is -0.711. The lowest BCUT2D eigenvalue weighted by molar-refractivity contribution is -0.303. The minimum Gasteiger partial charge on any atom is -0.394 e. The van der Waals surface area contributed by atoms with Crippen LogP contribution in [-0.2, 0) is 14.3 Å². The largest absolute Gasteiger partial charge is 0.394 e. The van der Waals surface area contributed by atoms with E-state index in [1.165, 1.54) is 186 Å². The van der Waals surface area contributed by atoms with Crippen molar-refractivity contribution in [1.29, 1.82) is 0 Å². The summed E-state index contributed by atoms with van der Waals surface area (Å²) in [6.07, 6.45) is 53.5. The molecule has 0 bridgehead atoms. The number of ether oxygens (including phenoxy) is 2. The number of hydrogen-bond donors (Lipinski definition) is 8. The van der Waals surface area contributed by atoms with Crippen LogP contribution < -0.4 is 5.32 Å². The van der Waals surface area contributed by atoms with Crippen molar-refractivity contribution in [3.05, 3.63) is 36.5 Å². The summed E-state index contributed by atoms with van der Waals surface area (Å²) in [4.78, 5) is 13.2. The Morgan fingerprint density at radius 2 is 0.838 bits per heavy atom. The number of allylic oxidation sites excluding steroid dienone is 6. The average molecular weight is 1050 g/mol. The number of aliphatic hydroxyl groups excluding tert-OH is 7. The van der Waals surface area contributed by atoms with Gasteiger partial charge in [0.25, 0.3) is 0 Å². The maximum absolute atomic E-state index is 13.2. The van der Waals surface area contributed by atoms with Crippen molar-refractivity contribution < 1.29 is 50.0 Å². The smallest absolute Gasteiger partial charge is 0.249 e. The van der Waals surface area contributed by atoms with Gasteiger partial charge >= 0.3 is 0 Å². The van der Waals surface area contributed by atoms with E-state index in [0.717, 1.165) is 64.2 Å². The summed E-state index contributed by atoms with van der Waals surface area (Å²) in [6.45, 7) is 3.47. The molecule has 1 aliphatic rings. The summed E-state index contributed by atoms with van der Waals surface area (Å²) < 4.78 is 11.2. The van der Waals surface area contributed by atoms with E-state index in [-0.39, 0.29) is 12.8 Å². The number of unbranched alkanes of at least 4 members (excludes halogenated alkanes) is 36. The molecule has 11 heteroatoms. The van der Waals surface area contributed by atoms with Crippen LogP contribution in [0.3, 0.4) is 0 Å². The first kappa shape index (κ1) is 70.3. The molecule has 0 saturated carbocycles. The summed E-state index contributed by atoms with van der Waals surface area (Å²) in [6, 6.07) is -1.19. The normalized spacial score (nSPS) is 20.0. The summed E-state index contributed by atoms with van der Waals surface area (Å²) in [7, 11) is 0. The second-order valence-electron chi connectivity index (χ2n) is 22.1. The van der Waals surface area contributed by atoms with E-state index in [1.807, 2.05) is 0 Å². The SMILES string of the molecule is CCCCCCCCCCC/C=C\C/C=C\CCCCCCCCC(O)C(=O)NC(COC1OC(CO)C(O)C(O)C1O)C(O)C(O)CCC/C=C/CCCCCCCCCCCCCCCCCCCCCC. The Kier molecular flexibility index (Phi) is 49.5. The van der Waals surface area contributed by atoms with Crippen LogP contribution in [0, 0.1) is 0 Å². The maximum Gasteiger partial charge on any atom is 0.249 e. The molecule has 9 unspecified atom stereocenters. The number of aliphatic hydroxyl groups is 7. The second kappa shape index (κ2) is 52.1. The Balaban J connectivity index is 2.30. The van der Waals surface area contributed by atoms with Gasteiger partial charge in [0.1, 0.15) is 36.6 Å². The summed E-state index contributed by atoms with van der Waals surface area (Å²) >= 11 is 0. The lowest BCUT2D eigenvalue weighted by Gasteiger charge is -2.40. The van der Waals surface area contributed by atoms with E-state index in [0.29, 0.717) is 12.8 Å². The fraction of sp³-hybridized carbons (Fsp3) is 0.889. The number of hydrogen-bond acceptors (Lipinski definition) is 10. The van der Waals surface area contributed by atoms with E-state index >= 15 is 0 Å². The third kappa shape index (κ3) is 39.7. The molecule has 0 aliphatic carbocycles. The van der Waals surface area contributed by atoms with Crippen molar-refractivity contribution >= 4 is 5.91 Å². The zero-order valence-electron chi connectivity index (χ0n) is 47.8. The quantitative estimate of drug-likeness (QED) is 0.0215. The molecule has 0 aromatic rings. The van der Waals surface area contributed by atoms with Crippen molar-refractivity contribution in [3.63, 3.8) is 0 Å². The van der Waals surface area contributed by atoms with Crippen molar-refractivity contribution in [2.24, 2.45) is 0 Å². The molecule has 436 valence electrons. The third-order valence-electron chi connectivity index (χ3n) is 15.2. The Labute approximate surface area is 454 Å². The number of carbonyl (C=O) groups excluding carboxylic acids is 1. The van der Waals surface area contributed by atoms with Crippen molar-refractivity contribution in [2.75, 3.05) is 13.2 Å². The first-order chi connectivity index (χ1) is 36.2. The molecule has 1 rings (SSSR count). The molecule has 9 atom stereocenters. The first-order valence-electron chi connectivity index (χ1n) is 31.4. The predicted octanol–water partition coefficient (Wildman–Crippen LogP) is 13.9. The molecule has 1 amide bonds. The van der Waals surface area contributed by atoms with E-state index in [1.54, 1.807) is 0 Å². The fourth-order valence-corrected chi connectivity index (χ4v) is 10.1. The molecule has 1 heterocycles. The Bertz CT molecular complexity index is 1300. The highest BCUT2D eigenvalue weighted by atomic mass is 16.7. The number of amides is 1. The lowest BCUT2D eigenvalue weighted by atomic mass is 9.98. The van der Waals surface area contributed by atoms with Gasteiger partial charge in [-0.25, -0.2) is 0 Å². The van der Waals surface area contributed by atoms with Gasteiger partial charge in [0, 0.05) is 0 Å². The van der Waals surface area contributed by atoms with Gasteiger partial charge in [0.15, 0.2) is 6.29 Å². The Morgan fingerprint density at radius 1 is 0.473 bits per heavy atom. The molecule has 0 spiro atoms. The van der Waals surface area contributed by atoms with Gasteiger partial charge in [0.05, 0.1) is 25.4 Å². The van der Waals surface area contributed by atoms with E-state index in [4.69, 9.17) is 9.47 Å². The molecule has 0 aromatic carbocycles. The molecule has 11 nitrogen and oxygen atoms in total. The molecule has 1 fully saturated rings. The highest BCUT2D eigenvalue weighted by molar-refractivity contribution is 5.80. The zero-order chi connectivity index (χ0) is 54.0. The Hall–Kier alpha value is -1.67. The summed E-state index contributed by atoms with van der Waals surface area (Å²) in [5, 5.41) is 76.3. The number of nitrogens with one attached hydrogen (secondary N) is 1. The van der Waals surface area contributed by atoms with Crippen molar-refractivity contribution in [1.82, 2.24) is 5.32 Å². The maximum atomic E-state index is 13.2. The standard InChI is InChI=1S/C63H119NO10/c1-3-5-7-9-11-13-15-17-19-21-23-25-27-28-29-31-32-34-36-38-40-42-44-46-48-50-55(66)58(68)54(53-73-63-61(71)60(70)59(69)57(52-65)74-63)64-62(72)56(67)51-49-47-45-43-41-39-37-35-33-30-26-24-22-20-18-16-14-12-10-8-6-4-2/h24,26,33,35,42,44,54-61,63,65-71H,3-23,25,27-32,34,36-41,43,45-53H2,1-2H3,(H,64,72)/b26-24-,35-33-,44-42+. The van der Waals surface area contributed by atoms with Gasteiger partial charge in [0.2, 0.25) is 5.91 Å². The van der Waals surface area contributed by atoms with E-state index < -0.39 is 74.2 Å². The van der Waals surface area contributed by atoms with Crippen LogP contribution in [0.5, 0.6) is 0 Å².